The molecule has 0 atom stereocenters. The Morgan fingerprint density at radius 3 is 2.75 bits per heavy atom. The SMILES string of the molecule is COCCNC(=S)NNC(=O)c1cc(Cl)ccc1OC. The van der Waals surface area contributed by atoms with E-state index in [0.717, 1.165) is 0 Å². The predicted molar refractivity (Wildman–Crippen MR) is 81.1 cm³/mol. The molecule has 0 aliphatic carbocycles. The van der Waals surface area contributed by atoms with Gasteiger partial charge in [-0.15, -0.1) is 0 Å². The van der Waals surface area contributed by atoms with Crippen LogP contribution in [0.1, 0.15) is 10.4 Å². The van der Waals surface area contributed by atoms with Gasteiger partial charge in [-0.3, -0.25) is 15.6 Å². The van der Waals surface area contributed by atoms with E-state index in [4.69, 9.17) is 33.3 Å². The first-order valence-electron chi connectivity index (χ1n) is 5.75. The van der Waals surface area contributed by atoms with Crippen molar-refractivity contribution >= 4 is 34.8 Å². The molecule has 1 rings (SSSR count). The van der Waals surface area contributed by atoms with Crippen LogP contribution in [0, 0.1) is 0 Å². The van der Waals surface area contributed by atoms with Gasteiger partial charge in [0.15, 0.2) is 5.11 Å². The number of methoxy groups -OCH3 is 2. The summed E-state index contributed by atoms with van der Waals surface area (Å²) in [6, 6.07) is 4.77. The summed E-state index contributed by atoms with van der Waals surface area (Å²) in [7, 11) is 3.07. The molecule has 0 aromatic heterocycles. The van der Waals surface area contributed by atoms with Crippen LogP contribution in [-0.2, 0) is 4.74 Å². The first-order valence-corrected chi connectivity index (χ1v) is 6.53. The third-order valence-corrected chi connectivity index (χ3v) is 2.77. The highest BCUT2D eigenvalue weighted by Crippen LogP contribution is 2.22. The van der Waals surface area contributed by atoms with Gasteiger partial charge in [0.2, 0.25) is 0 Å². The summed E-state index contributed by atoms with van der Waals surface area (Å²) >= 11 is 10.8. The zero-order valence-corrected chi connectivity index (χ0v) is 12.7. The number of carbonyl (C=O) groups excluding carboxylic acids is 1. The highest BCUT2D eigenvalue weighted by atomic mass is 35.5. The Morgan fingerprint density at radius 1 is 1.35 bits per heavy atom. The van der Waals surface area contributed by atoms with Gasteiger partial charge in [-0.05, 0) is 30.4 Å². The van der Waals surface area contributed by atoms with Crippen molar-refractivity contribution in [3.63, 3.8) is 0 Å². The van der Waals surface area contributed by atoms with E-state index in [2.05, 4.69) is 16.2 Å². The van der Waals surface area contributed by atoms with Crippen LogP contribution in [0.5, 0.6) is 5.75 Å². The van der Waals surface area contributed by atoms with Crippen LogP contribution in [0.25, 0.3) is 0 Å². The molecule has 0 aliphatic heterocycles. The summed E-state index contributed by atoms with van der Waals surface area (Å²) in [5.41, 5.74) is 5.34. The highest BCUT2D eigenvalue weighted by molar-refractivity contribution is 7.80. The van der Waals surface area contributed by atoms with Crippen LogP contribution in [0.3, 0.4) is 0 Å². The smallest absolute Gasteiger partial charge is 0.273 e. The van der Waals surface area contributed by atoms with Crippen LogP contribution in [0.2, 0.25) is 5.02 Å². The van der Waals surface area contributed by atoms with Gasteiger partial charge in [-0.2, -0.15) is 0 Å². The van der Waals surface area contributed by atoms with E-state index < -0.39 is 5.91 Å². The number of rotatable bonds is 5. The lowest BCUT2D eigenvalue weighted by Gasteiger charge is -2.13. The summed E-state index contributed by atoms with van der Waals surface area (Å²) in [6.45, 7) is 1.05. The van der Waals surface area contributed by atoms with Crippen LogP contribution in [0.4, 0.5) is 0 Å². The number of nitrogens with one attached hydrogen (secondary N) is 3. The quantitative estimate of drug-likeness (QED) is 0.429. The first-order chi connectivity index (χ1) is 9.58. The average Bonchev–Trinajstić information content (AvgIpc) is 2.45. The van der Waals surface area contributed by atoms with Crippen LogP contribution in [0.15, 0.2) is 18.2 Å². The minimum atomic E-state index is -0.403. The Bertz CT molecular complexity index is 485. The molecule has 1 aromatic rings. The first kappa shape index (κ1) is 16.5. The normalized spacial score (nSPS) is 9.75. The topological polar surface area (TPSA) is 71.6 Å². The lowest BCUT2D eigenvalue weighted by atomic mass is 10.2. The molecule has 110 valence electrons. The third kappa shape index (κ3) is 5.20. The van der Waals surface area contributed by atoms with Crippen molar-refractivity contribution < 1.29 is 14.3 Å². The minimum absolute atomic E-state index is 0.288. The van der Waals surface area contributed by atoms with E-state index in [1.165, 1.54) is 13.2 Å². The van der Waals surface area contributed by atoms with Crippen molar-refractivity contribution in [2.24, 2.45) is 0 Å². The fourth-order valence-corrected chi connectivity index (χ4v) is 1.67. The largest absolute Gasteiger partial charge is 0.496 e. The molecule has 0 aliphatic rings. The molecule has 0 spiro atoms. The van der Waals surface area contributed by atoms with Crippen molar-refractivity contribution in [1.29, 1.82) is 0 Å². The number of halogens is 1. The molecule has 1 amide bonds. The molecule has 0 bridgehead atoms. The molecule has 0 saturated heterocycles. The molecule has 0 radical (unpaired) electrons. The molecule has 0 heterocycles. The molecule has 8 heteroatoms. The van der Waals surface area contributed by atoms with Gasteiger partial charge < -0.3 is 14.8 Å². The molecule has 20 heavy (non-hydrogen) atoms. The number of amides is 1. The van der Waals surface area contributed by atoms with E-state index >= 15 is 0 Å². The zero-order valence-electron chi connectivity index (χ0n) is 11.2. The number of hydrogen-bond acceptors (Lipinski definition) is 4. The number of hydrazine groups is 1. The Kier molecular flexibility index (Phi) is 7.06. The zero-order chi connectivity index (χ0) is 15.0. The maximum absolute atomic E-state index is 12.0. The Morgan fingerprint density at radius 2 is 2.10 bits per heavy atom. The molecule has 0 fully saturated rings. The highest BCUT2D eigenvalue weighted by Gasteiger charge is 2.12. The maximum atomic E-state index is 12.0. The molecular weight excluding hydrogens is 302 g/mol. The maximum Gasteiger partial charge on any atom is 0.273 e. The molecule has 1 aromatic carbocycles. The van der Waals surface area contributed by atoms with Gasteiger partial charge in [0.1, 0.15) is 5.75 Å². The van der Waals surface area contributed by atoms with Crippen LogP contribution >= 0.6 is 23.8 Å². The minimum Gasteiger partial charge on any atom is -0.496 e. The molecule has 0 unspecified atom stereocenters. The van der Waals surface area contributed by atoms with Gasteiger partial charge in [0.05, 0.1) is 19.3 Å². The Balaban J connectivity index is 2.54. The van der Waals surface area contributed by atoms with Crippen LogP contribution in [-0.4, -0.2) is 38.4 Å². The van der Waals surface area contributed by atoms with Crippen molar-refractivity contribution in [2.75, 3.05) is 27.4 Å². The second kappa shape index (κ2) is 8.57. The van der Waals surface area contributed by atoms with Gasteiger partial charge in [0.25, 0.3) is 5.91 Å². The van der Waals surface area contributed by atoms with E-state index in [1.54, 1.807) is 19.2 Å². The van der Waals surface area contributed by atoms with Gasteiger partial charge in [0, 0.05) is 18.7 Å². The molecule has 6 nitrogen and oxygen atoms in total. The fourth-order valence-electron chi connectivity index (χ4n) is 1.35. The second-order valence-electron chi connectivity index (χ2n) is 3.67. The van der Waals surface area contributed by atoms with E-state index in [9.17, 15) is 4.79 Å². The Labute approximate surface area is 127 Å². The van der Waals surface area contributed by atoms with E-state index in [1.807, 2.05) is 0 Å². The van der Waals surface area contributed by atoms with Crippen LogP contribution < -0.4 is 20.9 Å². The molecule has 0 saturated carbocycles. The van der Waals surface area contributed by atoms with Crippen molar-refractivity contribution in [3.05, 3.63) is 28.8 Å². The summed E-state index contributed by atoms with van der Waals surface area (Å²) in [5.74, 6) is 0.0206. The lowest BCUT2D eigenvalue weighted by Crippen LogP contribution is -2.47. The number of carbonyl (C=O) groups is 1. The fraction of sp³-hybridized carbons (Fsp3) is 0.333. The van der Waals surface area contributed by atoms with Gasteiger partial charge in [-0.1, -0.05) is 11.6 Å². The monoisotopic (exact) mass is 317 g/mol. The number of ether oxygens (including phenoxy) is 2. The van der Waals surface area contributed by atoms with Crippen molar-refractivity contribution in [3.8, 4) is 5.75 Å². The van der Waals surface area contributed by atoms with E-state index in [-0.39, 0.29) is 5.11 Å². The average molecular weight is 318 g/mol. The summed E-state index contributed by atoms with van der Waals surface area (Å²) in [5, 5.41) is 3.58. The number of benzene rings is 1. The second-order valence-corrected chi connectivity index (χ2v) is 4.52. The predicted octanol–water partition coefficient (Wildman–Crippen LogP) is 1.10. The Hall–Kier alpha value is -1.57. The van der Waals surface area contributed by atoms with Gasteiger partial charge >= 0.3 is 0 Å². The number of hydrogen-bond donors (Lipinski definition) is 3. The molecule has 3 N–H and O–H groups in total. The van der Waals surface area contributed by atoms with Crippen molar-refractivity contribution in [1.82, 2.24) is 16.2 Å². The molecular formula is C12H16ClN3O3S. The van der Waals surface area contributed by atoms with Crippen molar-refractivity contribution in [2.45, 2.75) is 0 Å². The number of thiocarbonyl (C=S) groups is 1. The third-order valence-electron chi connectivity index (χ3n) is 2.29. The lowest BCUT2D eigenvalue weighted by molar-refractivity contribution is 0.0940. The summed E-state index contributed by atoms with van der Waals surface area (Å²) in [4.78, 5) is 12.0. The van der Waals surface area contributed by atoms with Gasteiger partial charge in [-0.25, -0.2) is 0 Å². The standard InChI is InChI=1S/C12H16ClN3O3S/c1-18-6-5-14-12(20)16-15-11(17)9-7-8(13)3-4-10(9)19-2/h3-4,7H,5-6H2,1-2H3,(H,15,17)(H2,14,16,20). The summed E-state index contributed by atoms with van der Waals surface area (Å²) in [6.07, 6.45) is 0. The van der Waals surface area contributed by atoms with E-state index in [0.29, 0.717) is 29.5 Å². The summed E-state index contributed by atoms with van der Waals surface area (Å²) < 4.78 is 9.96.